The van der Waals surface area contributed by atoms with Gasteiger partial charge in [0.15, 0.2) is 0 Å². The van der Waals surface area contributed by atoms with Crippen molar-refractivity contribution < 1.29 is 0 Å². The molecule has 0 aromatic heterocycles. The van der Waals surface area contributed by atoms with Crippen molar-refractivity contribution in [1.82, 2.24) is 0 Å². The molecule has 0 bridgehead atoms. The Bertz CT molecular complexity index is 3670. The molecule has 3 heteroatoms. The second kappa shape index (κ2) is 16.3. The van der Waals surface area contributed by atoms with E-state index in [9.17, 15) is 0 Å². The van der Waals surface area contributed by atoms with E-state index in [1.165, 1.54) is 133 Å². The third-order valence-electron chi connectivity index (χ3n) is 16.0. The molecule has 0 atom stereocenters. The molecule has 2 nitrogen and oxygen atoms in total. The maximum atomic E-state index is 2.70. The zero-order valence-corrected chi connectivity index (χ0v) is 43.6. The van der Waals surface area contributed by atoms with Crippen molar-refractivity contribution >= 4 is 100 Å². The normalized spacial score (nSPS) is 13.5. The van der Waals surface area contributed by atoms with Gasteiger partial charge in [-0.1, -0.05) is 244 Å². The topological polar surface area (TPSA) is 6.48 Å². The van der Waals surface area contributed by atoms with Gasteiger partial charge in [-0.15, -0.1) is 0 Å². The minimum Gasteiger partial charge on any atom is -0.310 e. The molecule has 2 aliphatic heterocycles. The fourth-order valence-corrected chi connectivity index (χ4v) is 12.4. The summed E-state index contributed by atoms with van der Waals surface area (Å²) in [4.78, 5) is 5.41. The molecule has 0 fully saturated rings. The van der Waals surface area contributed by atoms with Gasteiger partial charge in [-0.05, 0) is 117 Å². The van der Waals surface area contributed by atoms with Gasteiger partial charge in [-0.3, -0.25) is 0 Å². The van der Waals surface area contributed by atoms with Crippen LogP contribution in [-0.4, -0.2) is 6.71 Å². The lowest BCUT2D eigenvalue weighted by Gasteiger charge is -2.46. The molecule has 0 radical (unpaired) electrons. The summed E-state index contributed by atoms with van der Waals surface area (Å²) in [7, 11) is 0. The van der Waals surface area contributed by atoms with Gasteiger partial charge in [0.2, 0.25) is 0 Å². The SMILES string of the molecule is CC(C)(C)c1ccc2c(c1)N(c1c3ccccc3c(-c3ccccc3)c3ccccc13)c1cc(C(C)(C)C)cc3c1B2c1ccc(C(C)(C)C)cc1N3c1c2ccccc2c(-c2ccccc2)c2ccccc12. The van der Waals surface area contributed by atoms with Crippen LogP contribution < -0.4 is 26.2 Å². The average Bonchev–Trinajstić information content (AvgIpc) is 3.39. The Morgan fingerprint density at radius 2 is 0.575 bits per heavy atom. The summed E-state index contributed by atoms with van der Waals surface area (Å²) in [5.74, 6) is 0. The molecule has 2 heterocycles. The Balaban J connectivity index is 1.22. The molecule has 0 saturated carbocycles. The Hall–Kier alpha value is -7.88. The lowest BCUT2D eigenvalue weighted by molar-refractivity contribution is 0.590. The van der Waals surface area contributed by atoms with Crippen molar-refractivity contribution in [3.05, 3.63) is 223 Å². The van der Waals surface area contributed by atoms with Gasteiger partial charge >= 0.3 is 0 Å². The molecule has 0 N–H and O–H groups in total. The summed E-state index contributed by atoms with van der Waals surface area (Å²) in [6.45, 7) is 21.2. The number of hydrogen-bond donors (Lipinski definition) is 0. The first kappa shape index (κ1) is 45.0. The van der Waals surface area contributed by atoms with Crippen LogP contribution in [0.4, 0.5) is 34.1 Å². The van der Waals surface area contributed by atoms with E-state index in [4.69, 9.17) is 0 Å². The highest BCUT2D eigenvalue weighted by molar-refractivity contribution is 7.00. The van der Waals surface area contributed by atoms with Gasteiger partial charge in [0.25, 0.3) is 6.71 Å². The molecule has 354 valence electrons. The van der Waals surface area contributed by atoms with Crippen LogP contribution in [0.15, 0.2) is 206 Å². The first-order valence-electron chi connectivity index (χ1n) is 26.2. The van der Waals surface area contributed by atoms with E-state index >= 15 is 0 Å². The van der Waals surface area contributed by atoms with Crippen LogP contribution in [0, 0.1) is 0 Å². The molecular weight excluding hydrogens is 880 g/mol. The summed E-state index contributed by atoms with van der Waals surface area (Å²) < 4.78 is 0. The standard InChI is InChI=1S/C70H61BN2/c1-68(2,3)46-36-38-57-59(40-46)72(66-53-32-20-16-28-49(53)63(44-24-12-10-13-25-44)50-29-17-21-33-54(50)66)61-42-48(70(7,8)9)43-62-65(61)71(57)58-39-37-47(69(4,5)6)41-60(58)73(62)67-55-34-22-18-30-51(55)64(45-26-14-11-15-27-45)52-31-19-23-35-56(52)67/h10-43H,1-9H3. The van der Waals surface area contributed by atoms with Gasteiger partial charge in [0.1, 0.15) is 0 Å². The van der Waals surface area contributed by atoms with Crippen molar-refractivity contribution in [2.75, 3.05) is 9.80 Å². The number of hydrogen-bond acceptors (Lipinski definition) is 2. The molecule has 0 aliphatic carbocycles. The van der Waals surface area contributed by atoms with Crippen LogP contribution >= 0.6 is 0 Å². The van der Waals surface area contributed by atoms with Crippen molar-refractivity contribution in [2.45, 2.75) is 78.6 Å². The molecule has 11 aromatic rings. The molecule has 73 heavy (non-hydrogen) atoms. The van der Waals surface area contributed by atoms with E-state index in [-0.39, 0.29) is 23.0 Å². The van der Waals surface area contributed by atoms with Crippen molar-refractivity contribution in [3.8, 4) is 22.3 Å². The molecule has 0 amide bonds. The third-order valence-corrected chi connectivity index (χ3v) is 16.0. The summed E-state index contributed by atoms with van der Waals surface area (Å²) in [5.41, 5.74) is 19.9. The first-order chi connectivity index (χ1) is 35.2. The molecular formula is C70H61BN2. The minimum absolute atomic E-state index is 0.0400. The third kappa shape index (κ3) is 6.99. The quantitative estimate of drug-likeness (QED) is 0.128. The molecule has 13 rings (SSSR count). The Labute approximate surface area is 431 Å². The predicted octanol–water partition coefficient (Wildman–Crippen LogP) is 17.6. The maximum Gasteiger partial charge on any atom is 0.252 e. The summed E-state index contributed by atoms with van der Waals surface area (Å²) in [5, 5.41) is 9.92. The van der Waals surface area contributed by atoms with E-state index in [1.54, 1.807) is 0 Å². The molecule has 11 aromatic carbocycles. The van der Waals surface area contributed by atoms with Crippen LogP contribution in [-0.2, 0) is 16.2 Å². The van der Waals surface area contributed by atoms with Gasteiger partial charge in [-0.25, -0.2) is 0 Å². The van der Waals surface area contributed by atoms with Crippen LogP contribution in [0.5, 0.6) is 0 Å². The van der Waals surface area contributed by atoms with Crippen LogP contribution in [0.2, 0.25) is 0 Å². The van der Waals surface area contributed by atoms with E-state index in [0.29, 0.717) is 0 Å². The first-order valence-corrected chi connectivity index (χ1v) is 26.2. The van der Waals surface area contributed by atoms with Crippen LogP contribution in [0.1, 0.15) is 79.0 Å². The van der Waals surface area contributed by atoms with Crippen molar-refractivity contribution in [1.29, 1.82) is 0 Å². The second-order valence-corrected chi connectivity index (χ2v) is 23.7. The van der Waals surface area contributed by atoms with Crippen LogP contribution in [0.25, 0.3) is 65.3 Å². The zero-order valence-electron chi connectivity index (χ0n) is 43.6. The van der Waals surface area contributed by atoms with Crippen LogP contribution in [0.3, 0.4) is 0 Å². The fourth-order valence-electron chi connectivity index (χ4n) is 12.4. The number of nitrogens with zero attached hydrogens (tertiary/aromatic N) is 2. The molecule has 0 spiro atoms. The van der Waals surface area contributed by atoms with E-state index in [1.807, 2.05) is 0 Å². The minimum atomic E-state index is -0.192. The zero-order chi connectivity index (χ0) is 50.1. The number of anilines is 6. The molecule has 0 saturated heterocycles. The molecule has 0 unspecified atom stereocenters. The number of fused-ring (bicyclic) bond motifs is 8. The highest BCUT2D eigenvalue weighted by Crippen LogP contribution is 2.54. The lowest BCUT2D eigenvalue weighted by Crippen LogP contribution is -2.61. The van der Waals surface area contributed by atoms with E-state index < -0.39 is 0 Å². The Morgan fingerprint density at radius 1 is 0.288 bits per heavy atom. The van der Waals surface area contributed by atoms with Crippen molar-refractivity contribution in [2.24, 2.45) is 0 Å². The van der Waals surface area contributed by atoms with E-state index in [0.717, 1.165) is 0 Å². The highest BCUT2D eigenvalue weighted by atomic mass is 15.2. The average molecular weight is 941 g/mol. The smallest absolute Gasteiger partial charge is 0.252 e. The van der Waals surface area contributed by atoms with Gasteiger partial charge in [0.05, 0.1) is 11.4 Å². The summed E-state index contributed by atoms with van der Waals surface area (Å²) in [6, 6.07) is 78.6. The lowest BCUT2D eigenvalue weighted by atomic mass is 9.33. The van der Waals surface area contributed by atoms with Crippen molar-refractivity contribution in [3.63, 3.8) is 0 Å². The van der Waals surface area contributed by atoms with Gasteiger partial charge in [-0.2, -0.15) is 0 Å². The summed E-state index contributed by atoms with van der Waals surface area (Å²) >= 11 is 0. The van der Waals surface area contributed by atoms with Gasteiger partial charge in [0, 0.05) is 44.3 Å². The maximum absolute atomic E-state index is 2.70. The monoisotopic (exact) mass is 940 g/mol. The summed E-state index contributed by atoms with van der Waals surface area (Å²) in [6.07, 6.45) is 0. The molecule has 2 aliphatic rings. The fraction of sp³-hybridized carbons (Fsp3) is 0.171. The van der Waals surface area contributed by atoms with Gasteiger partial charge < -0.3 is 9.80 Å². The predicted molar refractivity (Wildman–Crippen MR) is 317 cm³/mol. The highest BCUT2D eigenvalue weighted by Gasteiger charge is 2.46. The number of rotatable bonds is 4. The second-order valence-electron chi connectivity index (χ2n) is 23.7. The number of benzene rings is 11. The Morgan fingerprint density at radius 3 is 0.890 bits per heavy atom. The largest absolute Gasteiger partial charge is 0.310 e. The Kier molecular flexibility index (Phi) is 10.1. The van der Waals surface area contributed by atoms with E-state index in [2.05, 4.69) is 278 Å².